The van der Waals surface area contributed by atoms with Gasteiger partial charge < -0.3 is 10.6 Å². The number of anilines is 1. The maximum Gasteiger partial charge on any atom is 0.242 e. The maximum absolute atomic E-state index is 12.3. The lowest BCUT2D eigenvalue weighted by molar-refractivity contribution is -0.121. The molecule has 7 heteroatoms. The van der Waals surface area contributed by atoms with Crippen LogP contribution >= 0.6 is 11.3 Å². The lowest BCUT2D eigenvalue weighted by Gasteiger charge is -2.16. The maximum atomic E-state index is 12.3. The van der Waals surface area contributed by atoms with Crippen LogP contribution in [-0.2, 0) is 17.6 Å². The van der Waals surface area contributed by atoms with Crippen LogP contribution in [0.5, 0.6) is 0 Å². The van der Waals surface area contributed by atoms with Crippen LogP contribution in [0.1, 0.15) is 37.1 Å². The molecule has 0 bridgehead atoms. The second-order valence-corrected chi connectivity index (χ2v) is 7.92. The Morgan fingerprint density at radius 1 is 1.33 bits per heavy atom. The molecule has 1 aliphatic rings. The Morgan fingerprint density at radius 3 is 3.00 bits per heavy atom. The topological polar surface area (TPSA) is 79.8 Å². The number of nitrogens with zero attached hydrogens (tertiary/aromatic N) is 3. The molecule has 1 unspecified atom stereocenters. The summed E-state index contributed by atoms with van der Waals surface area (Å²) in [6, 6.07) is 3.47. The molecule has 0 aliphatic heterocycles. The normalized spacial score (nSPS) is 14.1. The Hall–Kier alpha value is -2.54. The SMILES string of the molecule is CCCNC(=O)C(C)Nc1nc(-c2cccnc2)nc2sc3c(c12)CCC3. The molecule has 0 spiro atoms. The van der Waals surface area contributed by atoms with Gasteiger partial charge in [0.25, 0.3) is 0 Å². The number of aromatic nitrogens is 3. The van der Waals surface area contributed by atoms with Crippen molar-refractivity contribution < 1.29 is 4.79 Å². The van der Waals surface area contributed by atoms with E-state index in [9.17, 15) is 4.79 Å². The van der Waals surface area contributed by atoms with Crippen LogP contribution in [0.4, 0.5) is 5.82 Å². The third-order valence-electron chi connectivity index (χ3n) is 4.78. The number of thiophene rings is 1. The van der Waals surface area contributed by atoms with Gasteiger partial charge in [-0.3, -0.25) is 9.78 Å². The van der Waals surface area contributed by atoms with Crippen molar-refractivity contribution >= 4 is 33.3 Å². The Balaban J connectivity index is 1.76. The zero-order chi connectivity index (χ0) is 18.8. The van der Waals surface area contributed by atoms with Gasteiger partial charge in [0.05, 0.1) is 5.39 Å². The summed E-state index contributed by atoms with van der Waals surface area (Å²) in [6.07, 6.45) is 7.75. The van der Waals surface area contributed by atoms with Gasteiger partial charge in [0, 0.05) is 29.4 Å². The van der Waals surface area contributed by atoms with Crippen molar-refractivity contribution in [2.75, 3.05) is 11.9 Å². The monoisotopic (exact) mass is 381 g/mol. The molecule has 3 heterocycles. The van der Waals surface area contributed by atoms with E-state index in [0.29, 0.717) is 12.4 Å². The van der Waals surface area contributed by atoms with Crippen LogP contribution < -0.4 is 10.6 Å². The van der Waals surface area contributed by atoms with Gasteiger partial charge in [0.2, 0.25) is 5.91 Å². The number of amides is 1. The lowest BCUT2D eigenvalue weighted by atomic mass is 10.1. The van der Waals surface area contributed by atoms with E-state index in [1.54, 1.807) is 23.7 Å². The summed E-state index contributed by atoms with van der Waals surface area (Å²) in [5.41, 5.74) is 2.22. The number of aryl methyl sites for hydroxylation is 2. The molecule has 3 aromatic heterocycles. The number of fused-ring (bicyclic) bond motifs is 3. The van der Waals surface area contributed by atoms with Gasteiger partial charge in [0.1, 0.15) is 16.7 Å². The molecule has 1 atom stereocenters. The van der Waals surface area contributed by atoms with E-state index in [1.165, 1.54) is 16.9 Å². The Bertz CT molecular complexity index is 969. The highest BCUT2D eigenvalue weighted by atomic mass is 32.1. The van der Waals surface area contributed by atoms with Crippen molar-refractivity contribution in [2.45, 2.75) is 45.6 Å². The molecule has 0 aromatic carbocycles. The van der Waals surface area contributed by atoms with Crippen molar-refractivity contribution in [1.82, 2.24) is 20.3 Å². The molecule has 4 rings (SSSR count). The second kappa shape index (κ2) is 7.60. The molecule has 1 aliphatic carbocycles. The van der Waals surface area contributed by atoms with E-state index < -0.39 is 0 Å². The third-order valence-corrected chi connectivity index (χ3v) is 5.97. The number of pyridine rings is 1. The number of rotatable bonds is 6. The lowest BCUT2D eigenvalue weighted by Crippen LogP contribution is -2.38. The zero-order valence-corrected chi connectivity index (χ0v) is 16.4. The molecule has 0 radical (unpaired) electrons. The van der Waals surface area contributed by atoms with E-state index in [1.807, 2.05) is 26.0 Å². The van der Waals surface area contributed by atoms with Crippen molar-refractivity contribution in [3.05, 3.63) is 35.0 Å². The molecule has 1 amide bonds. The molecular weight excluding hydrogens is 358 g/mol. The van der Waals surface area contributed by atoms with Crippen LogP contribution in [0, 0.1) is 0 Å². The Morgan fingerprint density at radius 2 is 2.22 bits per heavy atom. The first-order chi connectivity index (χ1) is 13.2. The first-order valence-corrected chi connectivity index (χ1v) is 10.3. The minimum absolute atomic E-state index is 0.0154. The number of hydrogen-bond acceptors (Lipinski definition) is 6. The van der Waals surface area contributed by atoms with Gasteiger partial charge in [0.15, 0.2) is 5.82 Å². The quantitative estimate of drug-likeness (QED) is 0.682. The van der Waals surface area contributed by atoms with E-state index in [-0.39, 0.29) is 11.9 Å². The minimum atomic E-state index is -0.367. The third kappa shape index (κ3) is 3.51. The van der Waals surface area contributed by atoms with Crippen LogP contribution in [0.2, 0.25) is 0 Å². The average Bonchev–Trinajstić information content (AvgIpc) is 3.27. The first-order valence-electron chi connectivity index (χ1n) is 9.44. The van der Waals surface area contributed by atoms with Gasteiger partial charge >= 0.3 is 0 Å². The Labute approximate surface area is 162 Å². The smallest absolute Gasteiger partial charge is 0.242 e. The van der Waals surface area contributed by atoms with E-state index in [2.05, 4.69) is 15.6 Å². The van der Waals surface area contributed by atoms with Gasteiger partial charge in [-0.2, -0.15) is 0 Å². The van der Waals surface area contributed by atoms with Gasteiger partial charge in [-0.25, -0.2) is 9.97 Å². The summed E-state index contributed by atoms with van der Waals surface area (Å²) in [7, 11) is 0. The van der Waals surface area contributed by atoms with Crippen LogP contribution in [0.15, 0.2) is 24.5 Å². The summed E-state index contributed by atoms with van der Waals surface area (Å²) >= 11 is 1.75. The second-order valence-electron chi connectivity index (χ2n) is 6.83. The molecule has 0 fully saturated rings. The van der Waals surface area contributed by atoms with Gasteiger partial charge in [-0.15, -0.1) is 11.3 Å². The highest BCUT2D eigenvalue weighted by Gasteiger charge is 2.24. The molecule has 0 saturated carbocycles. The fourth-order valence-electron chi connectivity index (χ4n) is 3.40. The standard InChI is InChI=1S/C20H23N5OS/c1-3-9-22-19(26)12(2)23-18-16-14-7-4-8-15(14)27-20(16)25-17(24-18)13-6-5-10-21-11-13/h5-6,10-12H,3-4,7-9H2,1-2H3,(H,22,26)(H,23,24,25). The summed E-state index contributed by atoms with van der Waals surface area (Å²) in [5.74, 6) is 1.37. The summed E-state index contributed by atoms with van der Waals surface area (Å²) in [6.45, 7) is 4.59. The van der Waals surface area contributed by atoms with Crippen LogP contribution in [-0.4, -0.2) is 33.4 Å². The fraction of sp³-hybridized carbons (Fsp3) is 0.400. The van der Waals surface area contributed by atoms with E-state index >= 15 is 0 Å². The Kier molecular flexibility index (Phi) is 5.03. The number of nitrogens with one attached hydrogen (secondary N) is 2. The number of hydrogen-bond donors (Lipinski definition) is 2. The van der Waals surface area contributed by atoms with Crippen molar-refractivity contribution in [2.24, 2.45) is 0 Å². The first kappa shape index (κ1) is 17.9. The summed E-state index contributed by atoms with van der Waals surface area (Å²) < 4.78 is 0. The molecule has 140 valence electrons. The predicted octanol–water partition coefficient (Wildman–Crippen LogP) is 3.57. The summed E-state index contributed by atoms with van der Waals surface area (Å²) in [5, 5.41) is 7.36. The van der Waals surface area contributed by atoms with Gasteiger partial charge in [-0.1, -0.05) is 6.92 Å². The van der Waals surface area contributed by atoms with Gasteiger partial charge in [-0.05, 0) is 50.3 Å². The highest BCUT2D eigenvalue weighted by molar-refractivity contribution is 7.19. The summed E-state index contributed by atoms with van der Waals surface area (Å²) in [4.78, 5) is 28.5. The molecular formula is C20H23N5OS. The molecule has 6 nitrogen and oxygen atoms in total. The van der Waals surface area contributed by atoms with E-state index in [4.69, 9.17) is 9.97 Å². The number of carbonyl (C=O) groups is 1. The van der Waals surface area contributed by atoms with Crippen LogP contribution in [0.25, 0.3) is 21.6 Å². The van der Waals surface area contributed by atoms with E-state index in [0.717, 1.165) is 40.9 Å². The molecule has 27 heavy (non-hydrogen) atoms. The van der Waals surface area contributed by atoms with Crippen LogP contribution in [0.3, 0.4) is 0 Å². The minimum Gasteiger partial charge on any atom is -0.358 e. The largest absolute Gasteiger partial charge is 0.358 e. The molecule has 2 N–H and O–H groups in total. The zero-order valence-electron chi connectivity index (χ0n) is 15.6. The molecule has 0 saturated heterocycles. The average molecular weight is 382 g/mol. The predicted molar refractivity (Wildman–Crippen MR) is 109 cm³/mol. The highest BCUT2D eigenvalue weighted by Crippen LogP contribution is 2.40. The van der Waals surface area contributed by atoms with Crippen molar-refractivity contribution in [1.29, 1.82) is 0 Å². The van der Waals surface area contributed by atoms with Crippen molar-refractivity contribution in [3.8, 4) is 11.4 Å². The fourth-order valence-corrected chi connectivity index (χ4v) is 4.66. The number of carbonyl (C=O) groups excluding carboxylic acids is 1. The van der Waals surface area contributed by atoms with Crippen molar-refractivity contribution in [3.63, 3.8) is 0 Å². The molecule has 3 aromatic rings.